The third kappa shape index (κ3) is 12.9. The predicted molar refractivity (Wildman–Crippen MR) is 184 cm³/mol. The van der Waals surface area contributed by atoms with E-state index < -0.39 is 53.7 Å². The second-order valence-electron chi connectivity index (χ2n) is 12.3. The number of phenolic OH excluding ortho intramolecular Hbond substituents is 2. The molecule has 0 aliphatic rings. The maximum atomic E-state index is 14.0. The lowest BCUT2D eigenvalue weighted by atomic mass is 9.99. The number of nitrogens with one attached hydrogen (secondary N) is 4. The molecule has 49 heavy (non-hydrogen) atoms. The van der Waals surface area contributed by atoms with Gasteiger partial charge >= 0.3 is 0 Å². The molecule has 3 rings (SSSR count). The van der Waals surface area contributed by atoms with Crippen LogP contribution < -0.4 is 32.7 Å². The Labute approximate surface area is 285 Å². The number of nitrogens with two attached hydrogens (primary N) is 2. The fourth-order valence-corrected chi connectivity index (χ4v) is 5.17. The SMILES string of the molecule is CC(C)CC(NC(=O)CN)C(=O)NC(Cc1ccc(O)cc1)C(=O)NC(Cc1ccc(O)cc1)C(=O)NC(CCc1ccccc1)C(N)=O. The van der Waals surface area contributed by atoms with Gasteiger partial charge in [0.1, 0.15) is 35.7 Å². The summed E-state index contributed by atoms with van der Waals surface area (Å²) >= 11 is 0. The normalized spacial score (nSPS) is 13.4. The van der Waals surface area contributed by atoms with Crippen LogP contribution >= 0.6 is 0 Å². The number of carbonyl (C=O) groups is 5. The minimum absolute atomic E-state index is 0.0108. The summed E-state index contributed by atoms with van der Waals surface area (Å²) in [6.45, 7) is 3.42. The van der Waals surface area contributed by atoms with Gasteiger partial charge in [-0.2, -0.15) is 0 Å². The van der Waals surface area contributed by atoms with Gasteiger partial charge in [0, 0.05) is 12.8 Å². The van der Waals surface area contributed by atoms with Gasteiger partial charge in [0.2, 0.25) is 29.5 Å². The Balaban J connectivity index is 1.89. The van der Waals surface area contributed by atoms with E-state index in [4.69, 9.17) is 11.5 Å². The minimum atomic E-state index is -1.22. The van der Waals surface area contributed by atoms with Gasteiger partial charge < -0.3 is 42.9 Å². The molecule has 5 amide bonds. The number of phenols is 2. The summed E-state index contributed by atoms with van der Waals surface area (Å²) in [5.74, 6) is -3.26. The molecule has 0 aromatic heterocycles. The predicted octanol–water partition coefficient (Wildman–Crippen LogP) is 0.945. The van der Waals surface area contributed by atoms with Gasteiger partial charge in [0.25, 0.3) is 0 Å². The molecule has 0 fully saturated rings. The van der Waals surface area contributed by atoms with Gasteiger partial charge in [0.05, 0.1) is 6.54 Å². The lowest BCUT2D eigenvalue weighted by Gasteiger charge is -2.27. The molecule has 0 spiro atoms. The highest BCUT2D eigenvalue weighted by Gasteiger charge is 2.31. The average Bonchev–Trinajstić information content (AvgIpc) is 3.07. The summed E-state index contributed by atoms with van der Waals surface area (Å²) < 4.78 is 0. The van der Waals surface area contributed by atoms with Gasteiger partial charge in [-0.3, -0.25) is 24.0 Å². The summed E-state index contributed by atoms with van der Waals surface area (Å²) in [6, 6.07) is 17.0. The number of carbonyl (C=O) groups excluding carboxylic acids is 5. The highest BCUT2D eigenvalue weighted by molar-refractivity contribution is 5.95. The second kappa shape index (κ2) is 18.8. The van der Waals surface area contributed by atoms with Crippen LogP contribution in [-0.2, 0) is 43.2 Å². The summed E-state index contributed by atoms with van der Waals surface area (Å²) in [4.78, 5) is 65.7. The minimum Gasteiger partial charge on any atom is -0.508 e. The van der Waals surface area contributed by atoms with E-state index in [0.29, 0.717) is 17.5 Å². The van der Waals surface area contributed by atoms with Crippen LogP contribution in [0.2, 0.25) is 0 Å². The zero-order chi connectivity index (χ0) is 35.9. The van der Waals surface area contributed by atoms with E-state index in [0.717, 1.165) is 5.56 Å². The van der Waals surface area contributed by atoms with Gasteiger partial charge in [-0.15, -0.1) is 0 Å². The largest absolute Gasteiger partial charge is 0.508 e. The highest BCUT2D eigenvalue weighted by Crippen LogP contribution is 2.15. The fraction of sp³-hybridized carbons (Fsp3) is 0.361. The van der Waals surface area contributed by atoms with Crippen molar-refractivity contribution in [3.8, 4) is 11.5 Å². The molecule has 3 aromatic rings. The molecule has 0 aliphatic carbocycles. The number of amides is 5. The summed E-state index contributed by atoms with van der Waals surface area (Å²) in [5, 5.41) is 30.3. The quantitative estimate of drug-likeness (QED) is 0.0967. The molecule has 0 bridgehead atoms. The number of benzene rings is 3. The molecule has 0 radical (unpaired) electrons. The molecule has 0 saturated carbocycles. The molecular weight excluding hydrogens is 628 g/mol. The first-order valence-corrected chi connectivity index (χ1v) is 16.1. The second-order valence-corrected chi connectivity index (χ2v) is 12.3. The van der Waals surface area contributed by atoms with Crippen LogP contribution in [0.5, 0.6) is 11.5 Å². The van der Waals surface area contributed by atoms with Crippen LogP contribution in [0, 0.1) is 5.92 Å². The van der Waals surface area contributed by atoms with E-state index in [2.05, 4.69) is 21.3 Å². The van der Waals surface area contributed by atoms with Crippen molar-refractivity contribution in [3.05, 3.63) is 95.6 Å². The smallest absolute Gasteiger partial charge is 0.243 e. The summed E-state index contributed by atoms with van der Waals surface area (Å²) in [7, 11) is 0. The Hall–Kier alpha value is -5.43. The Morgan fingerprint density at radius 1 is 0.612 bits per heavy atom. The maximum absolute atomic E-state index is 14.0. The Bertz CT molecular complexity index is 1550. The van der Waals surface area contributed by atoms with E-state index >= 15 is 0 Å². The standard InChI is InChI=1S/C36H46N6O7/c1-22(2)18-29(39-32(45)21-37)34(47)41-31(20-25-10-15-27(44)16-11-25)36(49)42-30(19-24-8-13-26(43)14-9-24)35(48)40-28(33(38)46)17-12-23-6-4-3-5-7-23/h3-11,13-16,22,28-31,43-44H,12,17-21,37H2,1-2H3,(H2,38,46)(H,39,45)(H,40,48)(H,41,47)(H,42,49). The van der Waals surface area contributed by atoms with Crippen molar-refractivity contribution in [3.63, 3.8) is 0 Å². The number of hydrogen-bond donors (Lipinski definition) is 8. The molecule has 0 aliphatic heterocycles. The molecule has 10 N–H and O–H groups in total. The Morgan fingerprint density at radius 2 is 1.06 bits per heavy atom. The zero-order valence-corrected chi connectivity index (χ0v) is 27.7. The van der Waals surface area contributed by atoms with Gasteiger partial charge in [-0.1, -0.05) is 68.4 Å². The van der Waals surface area contributed by atoms with E-state index in [9.17, 15) is 34.2 Å². The molecule has 262 valence electrons. The monoisotopic (exact) mass is 674 g/mol. The van der Waals surface area contributed by atoms with Gasteiger partial charge in [-0.05, 0) is 66.1 Å². The van der Waals surface area contributed by atoms with Crippen molar-refractivity contribution in [2.45, 2.75) is 70.1 Å². The van der Waals surface area contributed by atoms with Crippen molar-refractivity contribution in [2.24, 2.45) is 17.4 Å². The molecule has 0 heterocycles. The van der Waals surface area contributed by atoms with Crippen LogP contribution in [0.25, 0.3) is 0 Å². The molecule has 4 atom stereocenters. The van der Waals surface area contributed by atoms with Crippen molar-refractivity contribution >= 4 is 29.5 Å². The topological polar surface area (TPSA) is 226 Å². The highest BCUT2D eigenvalue weighted by atomic mass is 16.3. The van der Waals surface area contributed by atoms with Crippen LogP contribution in [0.1, 0.15) is 43.4 Å². The molecule has 13 nitrogen and oxygen atoms in total. The third-order valence-corrected chi connectivity index (χ3v) is 7.79. The van der Waals surface area contributed by atoms with E-state index in [1.165, 1.54) is 24.3 Å². The maximum Gasteiger partial charge on any atom is 0.243 e. The Kier molecular flexibility index (Phi) is 14.6. The third-order valence-electron chi connectivity index (χ3n) is 7.79. The lowest BCUT2D eigenvalue weighted by Crippen LogP contribution is -2.59. The number of aromatic hydroxyl groups is 2. The van der Waals surface area contributed by atoms with Crippen molar-refractivity contribution < 1.29 is 34.2 Å². The van der Waals surface area contributed by atoms with E-state index in [1.54, 1.807) is 24.3 Å². The van der Waals surface area contributed by atoms with Crippen LogP contribution in [0.3, 0.4) is 0 Å². The molecular formula is C36H46N6O7. The number of rotatable bonds is 18. The van der Waals surface area contributed by atoms with Gasteiger partial charge in [0.15, 0.2) is 0 Å². The first kappa shape index (κ1) is 38.0. The lowest BCUT2D eigenvalue weighted by molar-refractivity contribution is -0.134. The zero-order valence-electron chi connectivity index (χ0n) is 27.7. The molecule has 13 heteroatoms. The van der Waals surface area contributed by atoms with E-state index in [-0.39, 0.29) is 49.6 Å². The van der Waals surface area contributed by atoms with Crippen LogP contribution in [0.15, 0.2) is 78.9 Å². The first-order valence-electron chi connectivity index (χ1n) is 16.1. The molecule has 4 unspecified atom stereocenters. The van der Waals surface area contributed by atoms with E-state index in [1.807, 2.05) is 44.2 Å². The molecule has 0 saturated heterocycles. The number of hydrogen-bond acceptors (Lipinski definition) is 8. The van der Waals surface area contributed by atoms with Crippen LogP contribution in [0.4, 0.5) is 0 Å². The van der Waals surface area contributed by atoms with Crippen molar-refractivity contribution in [1.29, 1.82) is 0 Å². The van der Waals surface area contributed by atoms with Crippen molar-refractivity contribution in [1.82, 2.24) is 21.3 Å². The fourth-order valence-electron chi connectivity index (χ4n) is 5.17. The Morgan fingerprint density at radius 3 is 1.49 bits per heavy atom. The average molecular weight is 675 g/mol. The first-order chi connectivity index (χ1) is 23.3. The van der Waals surface area contributed by atoms with Crippen LogP contribution in [-0.4, -0.2) is 70.5 Å². The summed E-state index contributed by atoms with van der Waals surface area (Å²) in [5.41, 5.74) is 13.3. The van der Waals surface area contributed by atoms with Crippen molar-refractivity contribution in [2.75, 3.05) is 6.54 Å². The number of aryl methyl sites for hydroxylation is 1. The molecule has 3 aromatic carbocycles. The number of primary amides is 1. The summed E-state index contributed by atoms with van der Waals surface area (Å²) in [6.07, 6.45) is 0.906. The van der Waals surface area contributed by atoms with Gasteiger partial charge in [-0.25, -0.2) is 0 Å².